The maximum atomic E-state index is 12.4. The van der Waals surface area contributed by atoms with Gasteiger partial charge in [-0.05, 0) is 19.2 Å². The lowest BCUT2D eigenvalue weighted by Gasteiger charge is -2.17. The number of aromatic nitrogens is 2. The summed E-state index contributed by atoms with van der Waals surface area (Å²) in [6, 6.07) is 3.51. The van der Waals surface area contributed by atoms with Gasteiger partial charge < -0.3 is 15.4 Å². The number of hydrogen-bond donors (Lipinski definition) is 2. The molecule has 0 spiro atoms. The topological polar surface area (TPSA) is 76.1 Å². The van der Waals surface area contributed by atoms with Gasteiger partial charge >= 0.3 is 0 Å². The molecule has 0 bridgehead atoms. The molecule has 1 saturated heterocycles. The molecular formula is C12H13ClN4O2S. The fraction of sp³-hybridized carbons (Fsp3) is 0.417. The summed E-state index contributed by atoms with van der Waals surface area (Å²) < 4.78 is 13.7. The first-order chi connectivity index (χ1) is 9.70. The lowest BCUT2D eigenvalue weighted by molar-refractivity contribution is -0.120. The normalized spacial score (nSPS) is 22.3. The molecule has 2 unspecified atom stereocenters. The van der Waals surface area contributed by atoms with E-state index >= 15 is 0 Å². The van der Waals surface area contributed by atoms with E-state index in [4.69, 9.17) is 16.3 Å². The Hall–Kier alpha value is -1.28. The number of nitrogens with zero attached hydrogens (tertiary/aromatic N) is 2. The molecule has 1 fully saturated rings. The summed E-state index contributed by atoms with van der Waals surface area (Å²) in [7, 11) is 1.82. The van der Waals surface area contributed by atoms with Crippen LogP contribution in [0.2, 0.25) is 5.02 Å². The Labute approximate surface area is 124 Å². The van der Waals surface area contributed by atoms with Crippen LogP contribution in [-0.4, -0.2) is 41.0 Å². The maximum Gasteiger partial charge on any atom is 0.231 e. The van der Waals surface area contributed by atoms with Crippen LogP contribution in [0, 0.1) is 5.92 Å². The number of carbonyl (C=O) groups is 1. The lowest BCUT2D eigenvalue weighted by Crippen LogP contribution is -2.39. The molecule has 0 saturated carbocycles. The number of likely N-dealkylation sites (N-methyl/N-ethyl adjacent to an activating group) is 1. The fourth-order valence-electron chi connectivity index (χ4n) is 2.26. The number of fused-ring (bicyclic) bond motifs is 1. The van der Waals surface area contributed by atoms with Gasteiger partial charge in [-0.3, -0.25) is 4.79 Å². The second-order valence-corrected chi connectivity index (χ2v) is 5.52. The molecular weight excluding hydrogens is 300 g/mol. The van der Waals surface area contributed by atoms with Gasteiger partial charge in [0.05, 0.1) is 41.6 Å². The summed E-state index contributed by atoms with van der Waals surface area (Å²) >= 11 is 7.25. The average Bonchev–Trinajstić information content (AvgIpc) is 3.09. The first-order valence-corrected chi connectivity index (χ1v) is 7.28. The number of anilines is 1. The molecule has 2 aromatic rings. The molecule has 2 atom stereocenters. The molecule has 1 aliphatic rings. The van der Waals surface area contributed by atoms with Gasteiger partial charge in [0.1, 0.15) is 11.0 Å². The number of ether oxygens (including phenoxy) is 1. The van der Waals surface area contributed by atoms with Crippen LogP contribution in [0.1, 0.15) is 0 Å². The van der Waals surface area contributed by atoms with Crippen molar-refractivity contribution >= 4 is 46.0 Å². The summed E-state index contributed by atoms with van der Waals surface area (Å²) in [4.78, 5) is 12.4. The Morgan fingerprint density at radius 2 is 2.30 bits per heavy atom. The van der Waals surface area contributed by atoms with Gasteiger partial charge in [-0.2, -0.15) is 8.75 Å². The summed E-state index contributed by atoms with van der Waals surface area (Å²) in [5.41, 5.74) is 1.86. The second-order valence-electron chi connectivity index (χ2n) is 4.58. The van der Waals surface area contributed by atoms with Crippen LogP contribution in [0.25, 0.3) is 11.0 Å². The number of halogens is 1. The van der Waals surface area contributed by atoms with Gasteiger partial charge in [-0.25, -0.2) is 0 Å². The van der Waals surface area contributed by atoms with Crippen LogP contribution in [-0.2, 0) is 9.53 Å². The molecule has 1 amide bonds. The number of hydrogen-bond acceptors (Lipinski definition) is 6. The van der Waals surface area contributed by atoms with Crippen molar-refractivity contribution in [1.29, 1.82) is 0 Å². The highest BCUT2D eigenvalue weighted by molar-refractivity contribution is 7.00. The number of rotatable bonds is 3. The van der Waals surface area contributed by atoms with E-state index in [9.17, 15) is 4.79 Å². The highest BCUT2D eigenvalue weighted by Gasteiger charge is 2.33. The van der Waals surface area contributed by atoms with E-state index in [1.165, 1.54) is 0 Å². The third-order valence-electron chi connectivity index (χ3n) is 3.41. The number of benzene rings is 1. The molecule has 2 N–H and O–H groups in total. The van der Waals surface area contributed by atoms with E-state index in [1.54, 1.807) is 12.1 Å². The lowest BCUT2D eigenvalue weighted by atomic mass is 10.0. The molecule has 106 valence electrons. The molecule has 20 heavy (non-hydrogen) atoms. The molecule has 8 heteroatoms. The summed E-state index contributed by atoms with van der Waals surface area (Å²) in [5.74, 6) is -0.359. The Balaban J connectivity index is 1.87. The smallest absolute Gasteiger partial charge is 0.231 e. The third kappa shape index (κ3) is 2.37. The zero-order valence-electron chi connectivity index (χ0n) is 10.7. The van der Waals surface area contributed by atoms with E-state index in [0.29, 0.717) is 29.4 Å². The molecule has 0 aliphatic carbocycles. The average molecular weight is 313 g/mol. The van der Waals surface area contributed by atoms with Gasteiger partial charge in [0, 0.05) is 6.04 Å². The SMILES string of the molecule is CNC1COCC1C(=O)Nc1c(Cl)ccc2nsnc12. The standard InChI is InChI=1S/C12H13ClN4O2S/c1-14-9-5-19-4-6(9)12(18)15-10-7(13)2-3-8-11(10)17-20-16-8/h2-3,6,9,14H,4-5H2,1H3,(H,15,18). The van der Waals surface area contributed by atoms with E-state index in [0.717, 1.165) is 17.2 Å². The molecule has 0 radical (unpaired) electrons. The van der Waals surface area contributed by atoms with Gasteiger partial charge in [0.25, 0.3) is 0 Å². The quantitative estimate of drug-likeness (QED) is 0.898. The maximum absolute atomic E-state index is 12.4. The number of nitrogens with one attached hydrogen (secondary N) is 2. The highest BCUT2D eigenvalue weighted by Crippen LogP contribution is 2.30. The predicted molar refractivity (Wildman–Crippen MR) is 78.2 cm³/mol. The third-order valence-corrected chi connectivity index (χ3v) is 4.27. The van der Waals surface area contributed by atoms with E-state index in [2.05, 4.69) is 19.4 Å². The molecule has 3 rings (SSSR count). The van der Waals surface area contributed by atoms with E-state index < -0.39 is 0 Å². The van der Waals surface area contributed by atoms with Crippen molar-refractivity contribution in [2.75, 3.05) is 25.6 Å². The van der Waals surface area contributed by atoms with Crippen molar-refractivity contribution in [2.24, 2.45) is 5.92 Å². The van der Waals surface area contributed by atoms with Gasteiger partial charge in [0.15, 0.2) is 0 Å². The van der Waals surface area contributed by atoms with Crippen molar-refractivity contribution in [3.63, 3.8) is 0 Å². The molecule has 1 aromatic carbocycles. The van der Waals surface area contributed by atoms with Crippen molar-refractivity contribution in [3.8, 4) is 0 Å². The Morgan fingerprint density at radius 1 is 1.45 bits per heavy atom. The van der Waals surface area contributed by atoms with Crippen LogP contribution < -0.4 is 10.6 Å². The van der Waals surface area contributed by atoms with E-state index in [-0.39, 0.29) is 17.9 Å². The minimum Gasteiger partial charge on any atom is -0.379 e. The van der Waals surface area contributed by atoms with Crippen molar-refractivity contribution < 1.29 is 9.53 Å². The molecule has 1 aliphatic heterocycles. The summed E-state index contributed by atoms with van der Waals surface area (Å²) in [6.45, 7) is 0.936. The highest BCUT2D eigenvalue weighted by atomic mass is 35.5. The van der Waals surface area contributed by atoms with E-state index in [1.807, 2.05) is 7.05 Å². The van der Waals surface area contributed by atoms with Gasteiger partial charge in [0.2, 0.25) is 5.91 Å². The molecule has 6 nitrogen and oxygen atoms in total. The Morgan fingerprint density at radius 3 is 3.10 bits per heavy atom. The Bertz CT molecular complexity index is 647. The summed E-state index contributed by atoms with van der Waals surface area (Å²) in [5, 5.41) is 6.40. The Kier molecular flexibility index (Phi) is 3.84. The minimum atomic E-state index is -0.238. The monoisotopic (exact) mass is 312 g/mol. The van der Waals surface area contributed by atoms with Crippen LogP contribution in [0.15, 0.2) is 12.1 Å². The van der Waals surface area contributed by atoms with Crippen LogP contribution in [0.4, 0.5) is 5.69 Å². The van der Waals surface area contributed by atoms with Crippen molar-refractivity contribution in [1.82, 2.24) is 14.1 Å². The minimum absolute atomic E-state index is 0.0153. The van der Waals surface area contributed by atoms with Crippen LogP contribution >= 0.6 is 23.3 Å². The van der Waals surface area contributed by atoms with Crippen LogP contribution in [0.5, 0.6) is 0 Å². The van der Waals surface area contributed by atoms with Crippen LogP contribution in [0.3, 0.4) is 0 Å². The van der Waals surface area contributed by atoms with Gasteiger partial charge in [-0.15, -0.1) is 0 Å². The first-order valence-electron chi connectivity index (χ1n) is 6.17. The predicted octanol–water partition coefficient (Wildman–Crippen LogP) is 1.52. The molecule has 1 aromatic heterocycles. The molecule has 2 heterocycles. The largest absolute Gasteiger partial charge is 0.379 e. The van der Waals surface area contributed by atoms with Crippen molar-refractivity contribution in [3.05, 3.63) is 17.2 Å². The van der Waals surface area contributed by atoms with Crippen molar-refractivity contribution in [2.45, 2.75) is 6.04 Å². The number of carbonyl (C=O) groups excluding carboxylic acids is 1. The summed E-state index contributed by atoms with van der Waals surface area (Å²) in [6.07, 6.45) is 0. The number of amides is 1. The fourth-order valence-corrected chi connectivity index (χ4v) is 3.00. The zero-order valence-corrected chi connectivity index (χ0v) is 12.3. The first kappa shape index (κ1) is 13.7. The zero-order chi connectivity index (χ0) is 14.1. The van der Waals surface area contributed by atoms with Gasteiger partial charge in [-0.1, -0.05) is 11.6 Å². The second kappa shape index (κ2) is 5.61.